The van der Waals surface area contributed by atoms with E-state index >= 15 is 0 Å². The SMILES string of the molecule is c1ccc(-c2nc(-c3ccc(-n4c5ccccc5c5c6oc7ccccc7c6ccc54)cc3)nc3[c]2[Ge]([c]2ccccc2)([c]2ccccc2)[c]2ccccc2-3)cc1. The molecular weight excluding hydrogens is 755 g/mol. The molecule has 5 heteroatoms. The van der Waals surface area contributed by atoms with Gasteiger partial charge in [-0.3, -0.25) is 0 Å². The number of para-hydroxylation sites is 2. The van der Waals surface area contributed by atoms with E-state index in [9.17, 15) is 0 Å². The van der Waals surface area contributed by atoms with Gasteiger partial charge in [-0.05, 0) is 6.07 Å². The Hall–Kier alpha value is -7.02. The molecule has 0 unspecified atom stereocenters. The van der Waals surface area contributed by atoms with Gasteiger partial charge >= 0.3 is 282 Å². The Morgan fingerprint density at radius 1 is 0.439 bits per heavy atom. The number of aromatic nitrogens is 3. The summed E-state index contributed by atoms with van der Waals surface area (Å²) in [5.41, 5.74) is 10.5. The van der Waals surface area contributed by atoms with Crippen LogP contribution < -0.4 is 17.6 Å². The third-order valence-electron chi connectivity index (χ3n) is 11.9. The first-order valence-corrected chi connectivity index (χ1v) is 23.6. The molecule has 8 aromatic carbocycles. The predicted octanol–water partition coefficient (Wildman–Crippen LogP) is 10.2. The molecule has 4 heterocycles. The van der Waals surface area contributed by atoms with Crippen LogP contribution in [0.15, 0.2) is 205 Å². The van der Waals surface area contributed by atoms with Crippen molar-refractivity contribution in [3.63, 3.8) is 0 Å². The molecule has 0 spiro atoms. The van der Waals surface area contributed by atoms with E-state index < -0.39 is 13.3 Å². The molecule has 0 aliphatic carbocycles. The Morgan fingerprint density at radius 3 is 1.81 bits per heavy atom. The van der Waals surface area contributed by atoms with Gasteiger partial charge in [0.25, 0.3) is 0 Å². The van der Waals surface area contributed by atoms with Crippen molar-refractivity contribution in [2.45, 2.75) is 0 Å². The third-order valence-corrected chi connectivity index (χ3v) is 22.1. The Kier molecular flexibility index (Phi) is 7.07. The molecule has 0 bridgehead atoms. The van der Waals surface area contributed by atoms with Crippen molar-refractivity contribution in [2.75, 3.05) is 0 Å². The summed E-state index contributed by atoms with van der Waals surface area (Å²) in [6, 6.07) is 72.0. The summed E-state index contributed by atoms with van der Waals surface area (Å²) in [5.74, 6) is 0.722. The van der Waals surface area contributed by atoms with Gasteiger partial charge in [-0.15, -0.1) is 0 Å². The van der Waals surface area contributed by atoms with E-state index in [2.05, 4.69) is 193 Å². The fraction of sp³-hybridized carbons (Fsp3) is 0. The van der Waals surface area contributed by atoms with E-state index in [0.29, 0.717) is 0 Å². The van der Waals surface area contributed by atoms with Gasteiger partial charge in [-0.1, -0.05) is 24.3 Å². The average molecular weight is 788 g/mol. The maximum atomic E-state index is 6.55. The van der Waals surface area contributed by atoms with Gasteiger partial charge in [-0.2, -0.15) is 0 Å². The van der Waals surface area contributed by atoms with Crippen LogP contribution in [-0.2, 0) is 0 Å². The monoisotopic (exact) mass is 789 g/mol. The molecule has 0 N–H and O–H groups in total. The Balaban J connectivity index is 1.08. The second-order valence-corrected chi connectivity index (χ2v) is 22.6. The van der Waals surface area contributed by atoms with Gasteiger partial charge in [0, 0.05) is 10.8 Å². The van der Waals surface area contributed by atoms with E-state index in [1.807, 2.05) is 12.1 Å². The second-order valence-electron chi connectivity index (χ2n) is 14.8. The van der Waals surface area contributed by atoms with Crippen LogP contribution in [-0.4, -0.2) is 27.8 Å². The molecule has 11 aromatic rings. The van der Waals surface area contributed by atoms with Gasteiger partial charge in [0.15, 0.2) is 0 Å². The zero-order valence-corrected chi connectivity index (χ0v) is 32.9. The molecule has 57 heavy (non-hydrogen) atoms. The molecule has 1 aliphatic heterocycles. The van der Waals surface area contributed by atoms with Crippen molar-refractivity contribution in [1.82, 2.24) is 14.5 Å². The summed E-state index contributed by atoms with van der Waals surface area (Å²) in [6.45, 7) is 0. The van der Waals surface area contributed by atoms with Gasteiger partial charge in [-0.25, -0.2) is 0 Å². The molecule has 0 atom stereocenters. The Morgan fingerprint density at radius 2 is 1.05 bits per heavy atom. The first-order chi connectivity index (χ1) is 28.3. The van der Waals surface area contributed by atoms with Crippen LogP contribution in [0.5, 0.6) is 0 Å². The van der Waals surface area contributed by atoms with Crippen molar-refractivity contribution >= 4 is 74.6 Å². The molecule has 4 nitrogen and oxygen atoms in total. The molecule has 3 aromatic heterocycles. The summed E-state index contributed by atoms with van der Waals surface area (Å²) in [7, 11) is 0. The quantitative estimate of drug-likeness (QED) is 0.163. The topological polar surface area (TPSA) is 43.9 Å². The fourth-order valence-corrected chi connectivity index (χ4v) is 20.5. The number of hydrogen-bond donors (Lipinski definition) is 0. The third kappa shape index (κ3) is 4.62. The molecule has 1 aliphatic rings. The first-order valence-electron chi connectivity index (χ1n) is 19.4. The van der Waals surface area contributed by atoms with E-state index in [1.165, 1.54) is 28.5 Å². The van der Waals surface area contributed by atoms with Crippen molar-refractivity contribution in [3.8, 4) is 39.6 Å². The molecule has 0 amide bonds. The van der Waals surface area contributed by atoms with Crippen LogP contribution >= 0.6 is 0 Å². The van der Waals surface area contributed by atoms with Crippen molar-refractivity contribution in [1.29, 1.82) is 0 Å². The summed E-state index contributed by atoms with van der Waals surface area (Å²) in [4.78, 5) is 11.1. The Bertz CT molecular complexity index is 3300. The van der Waals surface area contributed by atoms with Crippen LogP contribution in [0.1, 0.15) is 0 Å². The number of fused-ring (bicyclic) bond motifs is 10. The summed E-state index contributed by atoms with van der Waals surface area (Å²) >= 11 is -3.62. The number of nitrogens with zero attached hydrogens (tertiary/aromatic N) is 3. The summed E-state index contributed by atoms with van der Waals surface area (Å²) in [6.07, 6.45) is 0. The van der Waals surface area contributed by atoms with Gasteiger partial charge < -0.3 is 4.42 Å². The zero-order chi connectivity index (χ0) is 37.5. The van der Waals surface area contributed by atoms with Gasteiger partial charge in [0.2, 0.25) is 0 Å². The van der Waals surface area contributed by atoms with Crippen molar-refractivity contribution in [3.05, 3.63) is 200 Å². The zero-order valence-electron chi connectivity index (χ0n) is 30.8. The van der Waals surface area contributed by atoms with Gasteiger partial charge in [0.1, 0.15) is 5.58 Å². The van der Waals surface area contributed by atoms with Crippen LogP contribution in [0.4, 0.5) is 0 Å². The molecule has 12 rings (SSSR count). The van der Waals surface area contributed by atoms with E-state index in [-0.39, 0.29) is 0 Å². The number of hydrogen-bond acceptors (Lipinski definition) is 3. The van der Waals surface area contributed by atoms with Crippen LogP contribution in [0.2, 0.25) is 0 Å². The van der Waals surface area contributed by atoms with Crippen molar-refractivity contribution < 1.29 is 4.42 Å². The molecule has 0 fully saturated rings. The van der Waals surface area contributed by atoms with Crippen LogP contribution in [0.3, 0.4) is 0 Å². The van der Waals surface area contributed by atoms with Crippen molar-refractivity contribution in [2.24, 2.45) is 0 Å². The molecule has 0 saturated carbocycles. The van der Waals surface area contributed by atoms with E-state index in [0.717, 1.165) is 72.4 Å². The summed E-state index contributed by atoms with van der Waals surface area (Å²) in [5, 5.41) is 4.56. The van der Waals surface area contributed by atoms with E-state index in [4.69, 9.17) is 14.4 Å². The first kappa shape index (κ1) is 32.2. The van der Waals surface area contributed by atoms with Gasteiger partial charge in [0.05, 0.1) is 0 Å². The predicted molar refractivity (Wildman–Crippen MR) is 237 cm³/mol. The van der Waals surface area contributed by atoms with Crippen LogP contribution in [0, 0.1) is 0 Å². The fourth-order valence-electron chi connectivity index (χ4n) is 9.51. The molecule has 266 valence electrons. The number of rotatable bonds is 5. The molecule has 0 radical (unpaired) electrons. The Labute approximate surface area is 331 Å². The maximum absolute atomic E-state index is 6.55. The average Bonchev–Trinajstić information content (AvgIpc) is 3.94. The second kappa shape index (κ2) is 12.5. The molecule has 0 saturated heterocycles. The minimum absolute atomic E-state index is 0.722. The molecular formula is C52H33GeN3O. The van der Waals surface area contributed by atoms with E-state index in [1.54, 1.807) is 0 Å². The minimum atomic E-state index is -3.62. The summed E-state index contributed by atoms with van der Waals surface area (Å²) < 4.78 is 14.3. The number of benzene rings is 8. The van der Waals surface area contributed by atoms with Crippen LogP contribution in [0.25, 0.3) is 83.3 Å². The number of furan rings is 1. The standard InChI is InChI=1S/C52H33GeN3O/c1-4-16-34(17-5-1)49-48-50(41-23-10-13-25-43(41)53(48,36-18-6-2-7-19-36)37-20-8-3-9-21-37)55-52(54-49)35-28-30-38(31-29-35)56-44-26-14-11-24-42(44)47-45(56)33-32-40-39-22-12-15-27-46(39)57-51(40)47/h1-33H. The normalized spacial score (nSPS) is 13.1.